The first-order chi connectivity index (χ1) is 11.8. The second-order valence-corrected chi connectivity index (χ2v) is 5.96. The van der Waals surface area contributed by atoms with Gasteiger partial charge in [0.25, 0.3) is 0 Å². The molecule has 3 rings (SSSR count). The van der Waals surface area contributed by atoms with Gasteiger partial charge in [-0.1, -0.05) is 24.3 Å². The lowest BCUT2D eigenvalue weighted by Gasteiger charge is -2.26. The Bertz CT molecular complexity index is 648. The zero-order chi connectivity index (χ0) is 16.8. The molecule has 0 aliphatic carbocycles. The number of benzene rings is 2. The molecule has 0 aromatic heterocycles. The summed E-state index contributed by atoms with van der Waals surface area (Å²) in [5, 5.41) is 0. The molecule has 4 nitrogen and oxygen atoms in total. The Morgan fingerprint density at radius 2 is 1.79 bits per heavy atom. The number of morpholine rings is 1. The number of methoxy groups -OCH3 is 1. The second-order valence-electron chi connectivity index (χ2n) is 5.96. The lowest BCUT2D eigenvalue weighted by atomic mass is 10.00. The molecule has 1 fully saturated rings. The molecular formula is C20H25NO3. The van der Waals surface area contributed by atoms with Crippen LogP contribution in [0.15, 0.2) is 42.5 Å². The zero-order valence-corrected chi connectivity index (χ0v) is 14.5. The van der Waals surface area contributed by atoms with Crippen LogP contribution in [0, 0.1) is 6.92 Å². The van der Waals surface area contributed by atoms with Crippen LogP contribution in [0.1, 0.15) is 5.56 Å². The smallest absolute Gasteiger partial charge is 0.122 e. The van der Waals surface area contributed by atoms with E-state index in [2.05, 4.69) is 30.0 Å². The number of hydrogen-bond donors (Lipinski definition) is 0. The maximum atomic E-state index is 5.87. The van der Waals surface area contributed by atoms with Crippen molar-refractivity contribution in [2.75, 3.05) is 46.6 Å². The van der Waals surface area contributed by atoms with Crippen LogP contribution >= 0.6 is 0 Å². The van der Waals surface area contributed by atoms with E-state index in [9.17, 15) is 0 Å². The molecule has 0 unspecified atom stereocenters. The average molecular weight is 327 g/mol. The quantitative estimate of drug-likeness (QED) is 0.814. The largest absolute Gasteiger partial charge is 0.496 e. The molecule has 0 bridgehead atoms. The van der Waals surface area contributed by atoms with E-state index in [1.807, 2.05) is 24.3 Å². The molecule has 24 heavy (non-hydrogen) atoms. The van der Waals surface area contributed by atoms with E-state index in [-0.39, 0.29) is 0 Å². The third-order valence-corrected chi connectivity index (χ3v) is 4.45. The lowest BCUT2D eigenvalue weighted by Crippen LogP contribution is -2.38. The fourth-order valence-electron chi connectivity index (χ4n) is 3.00. The topological polar surface area (TPSA) is 30.9 Å². The molecule has 1 heterocycles. The molecule has 4 heteroatoms. The summed E-state index contributed by atoms with van der Waals surface area (Å²) in [6.45, 7) is 7.39. The van der Waals surface area contributed by atoms with Gasteiger partial charge < -0.3 is 14.2 Å². The predicted octanol–water partition coefficient (Wildman–Crippen LogP) is 3.38. The number of rotatable bonds is 6. The van der Waals surface area contributed by atoms with Gasteiger partial charge in [0, 0.05) is 19.6 Å². The minimum atomic E-state index is 0.706. The standard InChI is InChI=1S/C20H25NO3/c1-16-19(4-3-5-20(16)22-2)17-6-8-18(9-7-17)24-15-12-21-10-13-23-14-11-21/h3-9H,10-15H2,1-2H3. The first kappa shape index (κ1) is 16.8. The maximum Gasteiger partial charge on any atom is 0.122 e. The van der Waals surface area contributed by atoms with Crippen LogP contribution in [0.4, 0.5) is 0 Å². The van der Waals surface area contributed by atoms with Crippen molar-refractivity contribution in [3.63, 3.8) is 0 Å². The highest BCUT2D eigenvalue weighted by Gasteiger charge is 2.10. The Morgan fingerprint density at radius 1 is 1.04 bits per heavy atom. The Hall–Kier alpha value is -2.04. The Labute approximate surface area is 144 Å². The SMILES string of the molecule is COc1cccc(-c2ccc(OCCN3CCOCC3)cc2)c1C. The van der Waals surface area contributed by atoms with E-state index in [1.54, 1.807) is 7.11 Å². The van der Waals surface area contributed by atoms with Crippen molar-refractivity contribution < 1.29 is 14.2 Å². The van der Waals surface area contributed by atoms with Crippen LogP contribution in [0.25, 0.3) is 11.1 Å². The highest BCUT2D eigenvalue weighted by Crippen LogP contribution is 2.30. The van der Waals surface area contributed by atoms with Crippen LogP contribution < -0.4 is 9.47 Å². The highest BCUT2D eigenvalue weighted by atomic mass is 16.5. The molecule has 0 saturated carbocycles. The third kappa shape index (κ3) is 4.08. The minimum Gasteiger partial charge on any atom is -0.496 e. The summed E-state index contributed by atoms with van der Waals surface area (Å²) in [6, 6.07) is 14.4. The normalized spacial score (nSPS) is 15.2. The van der Waals surface area contributed by atoms with Gasteiger partial charge in [0.1, 0.15) is 18.1 Å². The second kappa shape index (κ2) is 8.18. The van der Waals surface area contributed by atoms with Gasteiger partial charge >= 0.3 is 0 Å². The van der Waals surface area contributed by atoms with E-state index in [1.165, 1.54) is 11.1 Å². The van der Waals surface area contributed by atoms with Crippen molar-refractivity contribution in [2.24, 2.45) is 0 Å². The summed E-state index contributed by atoms with van der Waals surface area (Å²) in [7, 11) is 1.71. The molecule has 2 aromatic rings. The van der Waals surface area contributed by atoms with Crippen LogP contribution in [0.5, 0.6) is 11.5 Å². The molecule has 128 valence electrons. The predicted molar refractivity (Wildman–Crippen MR) is 95.9 cm³/mol. The van der Waals surface area contributed by atoms with Gasteiger partial charge in [-0.15, -0.1) is 0 Å². The molecule has 0 amide bonds. The van der Waals surface area contributed by atoms with Crippen molar-refractivity contribution >= 4 is 0 Å². The first-order valence-corrected chi connectivity index (χ1v) is 8.45. The van der Waals surface area contributed by atoms with Gasteiger partial charge in [0.15, 0.2) is 0 Å². The Balaban J connectivity index is 1.59. The summed E-state index contributed by atoms with van der Waals surface area (Å²) in [6.07, 6.45) is 0. The maximum absolute atomic E-state index is 5.87. The van der Waals surface area contributed by atoms with Crippen molar-refractivity contribution in [2.45, 2.75) is 6.92 Å². The van der Waals surface area contributed by atoms with Crippen molar-refractivity contribution in [1.82, 2.24) is 4.90 Å². The van der Waals surface area contributed by atoms with Gasteiger partial charge in [-0.05, 0) is 41.8 Å². The molecule has 1 saturated heterocycles. The molecule has 0 radical (unpaired) electrons. The Kier molecular flexibility index (Phi) is 5.72. The van der Waals surface area contributed by atoms with Gasteiger partial charge in [0.05, 0.1) is 20.3 Å². The average Bonchev–Trinajstić information content (AvgIpc) is 2.64. The van der Waals surface area contributed by atoms with Gasteiger partial charge in [-0.2, -0.15) is 0 Å². The third-order valence-electron chi connectivity index (χ3n) is 4.45. The van der Waals surface area contributed by atoms with E-state index in [0.717, 1.165) is 49.9 Å². The first-order valence-electron chi connectivity index (χ1n) is 8.45. The fourth-order valence-corrected chi connectivity index (χ4v) is 3.00. The van der Waals surface area contributed by atoms with Gasteiger partial charge in [-0.25, -0.2) is 0 Å². The fraction of sp³-hybridized carbons (Fsp3) is 0.400. The number of nitrogens with zero attached hydrogens (tertiary/aromatic N) is 1. The van der Waals surface area contributed by atoms with Crippen molar-refractivity contribution in [3.05, 3.63) is 48.0 Å². The Morgan fingerprint density at radius 3 is 2.50 bits per heavy atom. The summed E-state index contributed by atoms with van der Waals surface area (Å²) >= 11 is 0. The summed E-state index contributed by atoms with van der Waals surface area (Å²) < 4.78 is 16.6. The van der Waals surface area contributed by atoms with E-state index < -0.39 is 0 Å². The van der Waals surface area contributed by atoms with Crippen LogP contribution in [-0.4, -0.2) is 51.5 Å². The molecule has 1 aliphatic rings. The molecular weight excluding hydrogens is 302 g/mol. The summed E-state index contributed by atoms with van der Waals surface area (Å²) in [5.41, 5.74) is 3.52. The summed E-state index contributed by atoms with van der Waals surface area (Å²) in [5.74, 6) is 1.82. The van der Waals surface area contributed by atoms with Crippen LogP contribution in [0.3, 0.4) is 0 Å². The van der Waals surface area contributed by atoms with Crippen molar-refractivity contribution in [1.29, 1.82) is 0 Å². The molecule has 2 aromatic carbocycles. The molecule has 0 N–H and O–H groups in total. The highest BCUT2D eigenvalue weighted by molar-refractivity contribution is 5.70. The van der Waals surface area contributed by atoms with E-state index in [4.69, 9.17) is 14.2 Å². The van der Waals surface area contributed by atoms with Gasteiger partial charge in [-0.3, -0.25) is 4.90 Å². The van der Waals surface area contributed by atoms with Gasteiger partial charge in [0.2, 0.25) is 0 Å². The van der Waals surface area contributed by atoms with Crippen molar-refractivity contribution in [3.8, 4) is 22.6 Å². The number of ether oxygens (including phenoxy) is 3. The molecule has 0 spiro atoms. The zero-order valence-electron chi connectivity index (χ0n) is 14.5. The molecule has 0 atom stereocenters. The lowest BCUT2D eigenvalue weighted by molar-refractivity contribution is 0.0322. The van der Waals surface area contributed by atoms with E-state index >= 15 is 0 Å². The molecule has 1 aliphatic heterocycles. The van der Waals surface area contributed by atoms with E-state index in [0.29, 0.717) is 6.61 Å². The summed E-state index contributed by atoms with van der Waals surface area (Å²) in [4.78, 5) is 2.37. The monoisotopic (exact) mass is 327 g/mol. The minimum absolute atomic E-state index is 0.706. The number of hydrogen-bond acceptors (Lipinski definition) is 4. The van der Waals surface area contributed by atoms with Crippen LogP contribution in [-0.2, 0) is 4.74 Å². The van der Waals surface area contributed by atoms with Crippen LogP contribution in [0.2, 0.25) is 0 Å².